The fourth-order valence-electron chi connectivity index (χ4n) is 3.04. The minimum atomic E-state index is -0.250. The van der Waals surface area contributed by atoms with Crippen molar-refractivity contribution in [3.8, 4) is 5.75 Å². The molecule has 3 nitrogen and oxygen atoms in total. The molecule has 0 unspecified atom stereocenters. The van der Waals surface area contributed by atoms with Gasteiger partial charge >= 0.3 is 0 Å². The predicted molar refractivity (Wildman–Crippen MR) is 98.9 cm³/mol. The molecular formula is C19H21FN2OS. The summed E-state index contributed by atoms with van der Waals surface area (Å²) in [5.41, 5.74) is 2.04. The number of thiocarbonyl (C=S) groups is 1. The van der Waals surface area contributed by atoms with Gasteiger partial charge in [-0.2, -0.15) is 0 Å². The van der Waals surface area contributed by atoms with Gasteiger partial charge in [0.2, 0.25) is 0 Å². The Kier molecular flexibility index (Phi) is 5.30. The summed E-state index contributed by atoms with van der Waals surface area (Å²) in [7, 11) is 0. The summed E-state index contributed by atoms with van der Waals surface area (Å²) < 4.78 is 18.5. The van der Waals surface area contributed by atoms with E-state index in [2.05, 4.69) is 22.3 Å². The van der Waals surface area contributed by atoms with Gasteiger partial charge in [-0.1, -0.05) is 12.1 Å². The Morgan fingerprint density at radius 1 is 1.21 bits per heavy atom. The van der Waals surface area contributed by atoms with E-state index in [4.69, 9.17) is 17.0 Å². The third-order valence-corrected chi connectivity index (χ3v) is 4.52. The van der Waals surface area contributed by atoms with Gasteiger partial charge in [0, 0.05) is 12.2 Å². The topological polar surface area (TPSA) is 24.5 Å². The number of benzene rings is 2. The highest BCUT2D eigenvalue weighted by molar-refractivity contribution is 7.80. The maximum atomic E-state index is 13.0. The van der Waals surface area contributed by atoms with Gasteiger partial charge in [-0.15, -0.1) is 0 Å². The van der Waals surface area contributed by atoms with Gasteiger partial charge in [0.1, 0.15) is 11.6 Å². The molecule has 0 radical (unpaired) electrons. The van der Waals surface area contributed by atoms with Crippen LogP contribution in [0.25, 0.3) is 0 Å². The molecule has 2 aromatic rings. The van der Waals surface area contributed by atoms with Crippen molar-refractivity contribution in [3.63, 3.8) is 0 Å². The Morgan fingerprint density at radius 2 is 1.92 bits per heavy atom. The second-order valence-electron chi connectivity index (χ2n) is 5.79. The summed E-state index contributed by atoms with van der Waals surface area (Å²) >= 11 is 5.57. The molecule has 0 saturated carbocycles. The molecule has 1 saturated heterocycles. The molecule has 1 aliphatic rings. The summed E-state index contributed by atoms with van der Waals surface area (Å²) in [4.78, 5) is 2.20. The normalized spacial score (nSPS) is 16.9. The van der Waals surface area contributed by atoms with E-state index >= 15 is 0 Å². The van der Waals surface area contributed by atoms with Gasteiger partial charge < -0.3 is 15.0 Å². The van der Waals surface area contributed by atoms with E-state index in [9.17, 15) is 4.39 Å². The van der Waals surface area contributed by atoms with Crippen LogP contribution in [-0.2, 0) is 0 Å². The Labute approximate surface area is 147 Å². The molecule has 0 aliphatic carbocycles. The smallest absolute Gasteiger partial charge is 0.173 e. The third-order valence-electron chi connectivity index (χ3n) is 4.19. The lowest BCUT2D eigenvalue weighted by molar-refractivity contribution is 0.339. The predicted octanol–water partition coefficient (Wildman–Crippen LogP) is 4.76. The van der Waals surface area contributed by atoms with E-state index in [0.29, 0.717) is 11.7 Å². The average Bonchev–Trinajstić information content (AvgIpc) is 3.08. The molecule has 0 spiro atoms. The first-order valence-electron chi connectivity index (χ1n) is 8.23. The zero-order valence-electron chi connectivity index (χ0n) is 13.7. The molecule has 2 aromatic carbocycles. The molecule has 1 atom stereocenters. The van der Waals surface area contributed by atoms with Crippen LogP contribution in [0.3, 0.4) is 0 Å². The third kappa shape index (κ3) is 3.85. The number of hydrogen-bond acceptors (Lipinski definition) is 2. The largest absolute Gasteiger partial charge is 0.494 e. The highest BCUT2D eigenvalue weighted by Crippen LogP contribution is 2.33. The number of nitrogens with zero attached hydrogens (tertiary/aromatic N) is 1. The molecule has 1 fully saturated rings. The molecule has 0 amide bonds. The van der Waals surface area contributed by atoms with Crippen molar-refractivity contribution in [1.82, 2.24) is 4.90 Å². The number of hydrogen-bond donors (Lipinski definition) is 1. The molecule has 1 N–H and O–H groups in total. The minimum absolute atomic E-state index is 0.250. The lowest BCUT2D eigenvalue weighted by atomic mass is 10.0. The van der Waals surface area contributed by atoms with Crippen molar-refractivity contribution in [3.05, 3.63) is 59.9 Å². The molecule has 24 heavy (non-hydrogen) atoms. The van der Waals surface area contributed by atoms with E-state index in [1.54, 1.807) is 12.1 Å². The average molecular weight is 344 g/mol. The fraction of sp³-hybridized carbons (Fsp3) is 0.316. The summed E-state index contributed by atoms with van der Waals surface area (Å²) in [5, 5.41) is 3.89. The quantitative estimate of drug-likeness (QED) is 0.809. The first-order chi connectivity index (χ1) is 11.7. The molecule has 1 aliphatic heterocycles. The van der Waals surface area contributed by atoms with Gasteiger partial charge in [-0.05, 0) is 73.9 Å². The Balaban J connectivity index is 1.70. The SMILES string of the molecule is CCOc1ccc([C@@H]2CCCN2C(=S)Nc2ccc(F)cc2)cc1. The van der Waals surface area contributed by atoms with Crippen LogP contribution in [0.4, 0.5) is 10.1 Å². The maximum Gasteiger partial charge on any atom is 0.173 e. The van der Waals surface area contributed by atoms with Crippen molar-refractivity contribution in [2.45, 2.75) is 25.8 Å². The Hall–Kier alpha value is -2.14. The monoisotopic (exact) mass is 344 g/mol. The van der Waals surface area contributed by atoms with Crippen LogP contribution in [0.1, 0.15) is 31.4 Å². The van der Waals surface area contributed by atoms with Crippen molar-refractivity contribution in [1.29, 1.82) is 0 Å². The zero-order valence-corrected chi connectivity index (χ0v) is 14.5. The molecule has 126 valence electrons. The Bertz CT molecular complexity index is 688. The zero-order chi connectivity index (χ0) is 16.9. The van der Waals surface area contributed by atoms with Gasteiger partial charge in [0.25, 0.3) is 0 Å². The standard InChI is InChI=1S/C19H21FN2OS/c1-2-23-17-11-5-14(6-12-17)18-4-3-13-22(18)19(24)21-16-9-7-15(20)8-10-16/h5-12,18H,2-4,13H2,1H3,(H,21,24)/t18-/m0/s1. The van der Waals surface area contributed by atoms with Gasteiger partial charge in [-0.3, -0.25) is 0 Å². The van der Waals surface area contributed by atoms with E-state index in [-0.39, 0.29) is 11.9 Å². The van der Waals surface area contributed by atoms with Crippen LogP contribution in [0, 0.1) is 5.82 Å². The number of nitrogens with one attached hydrogen (secondary N) is 1. The van der Waals surface area contributed by atoms with Crippen LogP contribution in [0.2, 0.25) is 0 Å². The van der Waals surface area contributed by atoms with Crippen LogP contribution < -0.4 is 10.1 Å². The van der Waals surface area contributed by atoms with Crippen LogP contribution in [0.5, 0.6) is 5.75 Å². The highest BCUT2D eigenvalue weighted by atomic mass is 32.1. The van der Waals surface area contributed by atoms with Crippen molar-refractivity contribution < 1.29 is 9.13 Å². The first kappa shape index (κ1) is 16.7. The van der Waals surface area contributed by atoms with Gasteiger partial charge in [0.05, 0.1) is 12.6 Å². The van der Waals surface area contributed by atoms with Gasteiger partial charge in [-0.25, -0.2) is 4.39 Å². The fourth-order valence-corrected chi connectivity index (χ4v) is 3.37. The second-order valence-corrected chi connectivity index (χ2v) is 6.18. The van der Waals surface area contributed by atoms with Crippen LogP contribution >= 0.6 is 12.2 Å². The summed E-state index contributed by atoms with van der Waals surface area (Å²) in [5.74, 6) is 0.637. The summed E-state index contributed by atoms with van der Waals surface area (Å²) in [6, 6.07) is 14.7. The second kappa shape index (κ2) is 7.62. The summed E-state index contributed by atoms with van der Waals surface area (Å²) in [6.07, 6.45) is 2.17. The van der Waals surface area contributed by atoms with E-state index in [0.717, 1.165) is 30.8 Å². The number of rotatable bonds is 4. The van der Waals surface area contributed by atoms with E-state index in [1.165, 1.54) is 17.7 Å². The van der Waals surface area contributed by atoms with Crippen molar-refractivity contribution in [2.75, 3.05) is 18.5 Å². The molecule has 1 heterocycles. The Morgan fingerprint density at radius 3 is 2.58 bits per heavy atom. The molecular weight excluding hydrogens is 323 g/mol. The maximum absolute atomic E-state index is 13.0. The number of ether oxygens (including phenoxy) is 1. The number of anilines is 1. The van der Waals surface area contributed by atoms with Crippen LogP contribution in [-0.4, -0.2) is 23.2 Å². The number of likely N-dealkylation sites (tertiary alicyclic amines) is 1. The lowest BCUT2D eigenvalue weighted by Crippen LogP contribution is -2.34. The van der Waals surface area contributed by atoms with E-state index in [1.807, 2.05) is 19.1 Å². The minimum Gasteiger partial charge on any atom is -0.494 e. The molecule has 0 bridgehead atoms. The van der Waals surface area contributed by atoms with Crippen molar-refractivity contribution >= 4 is 23.0 Å². The molecule has 0 aromatic heterocycles. The van der Waals surface area contributed by atoms with Crippen molar-refractivity contribution in [2.24, 2.45) is 0 Å². The molecule has 5 heteroatoms. The van der Waals surface area contributed by atoms with E-state index < -0.39 is 0 Å². The molecule has 3 rings (SSSR count). The first-order valence-corrected chi connectivity index (χ1v) is 8.64. The highest BCUT2D eigenvalue weighted by Gasteiger charge is 2.28. The lowest BCUT2D eigenvalue weighted by Gasteiger charge is -2.28. The van der Waals surface area contributed by atoms with Crippen LogP contribution in [0.15, 0.2) is 48.5 Å². The number of halogens is 1. The van der Waals surface area contributed by atoms with Gasteiger partial charge in [0.15, 0.2) is 5.11 Å². The summed E-state index contributed by atoms with van der Waals surface area (Å²) in [6.45, 7) is 3.57.